The molecule has 0 aliphatic carbocycles. The van der Waals surface area contributed by atoms with Crippen molar-refractivity contribution >= 4 is 28.8 Å². The Hall–Kier alpha value is -3.00. The largest absolute Gasteiger partial charge is 0.361 e. The summed E-state index contributed by atoms with van der Waals surface area (Å²) in [5, 5.41) is 12.3. The Morgan fingerprint density at radius 3 is 2.74 bits per heavy atom. The zero-order valence-electron chi connectivity index (χ0n) is 15.3. The summed E-state index contributed by atoms with van der Waals surface area (Å²) in [6.45, 7) is 5.85. The SMILES string of the molecule is CCc1noc(C)c1C(=O)Nc1cc(C(=O)NCc2nccs2)ccc1C. The molecule has 0 saturated carbocycles. The number of hydrogen-bond donors (Lipinski definition) is 2. The molecule has 2 heterocycles. The van der Waals surface area contributed by atoms with Crippen molar-refractivity contribution < 1.29 is 14.1 Å². The topological polar surface area (TPSA) is 97.1 Å². The van der Waals surface area contributed by atoms with Gasteiger partial charge in [-0.15, -0.1) is 11.3 Å². The van der Waals surface area contributed by atoms with E-state index in [1.807, 2.05) is 19.2 Å². The van der Waals surface area contributed by atoms with Gasteiger partial charge in [-0.2, -0.15) is 0 Å². The fraction of sp³-hybridized carbons (Fsp3) is 0.263. The lowest BCUT2D eigenvalue weighted by molar-refractivity contribution is 0.0949. The van der Waals surface area contributed by atoms with E-state index in [1.165, 1.54) is 11.3 Å². The smallest absolute Gasteiger partial charge is 0.261 e. The average Bonchev–Trinajstić information content (AvgIpc) is 3.30. The fourth-order valence-corrected chi connectivity index (χ4v) is 3.19. The number of nitrogens with zero attached hydrogens (tertiary/aromatic N) is 2. The Morgan fingerprint density at radius 2 is 2.04 bits per heavy atom. The van der Waals surface area contributed by atoms with E-state index in [1.54, 1.807) is 31.3 Å². The van der Waals surface area contributed by atoms with E-state index in [0.29, 0.717) is 41.2 Å². The van der Waals surface area contributed by atoms with Crippen molar-refractivity contribution in [2.45, 2.75) is 33.7 Å². The molecule has 0 saturated heterocycles. The van der Waals surface area contributed by atoms with Gasteiger partial charge in [0.25, 0.3) is 11.8 Å². The van der Waals surface area contributed by atoms with Crippen LogP contribution >= 0.6 is 11.3 Å². The number of benzene rings is 1. The maximum absolute atomic E-state index is 12.7. The van der Waals surface area contributed by atoms with Gasteiger partial charge in [-0.25, -0.2) is 4.98 Å². The predicted molar refractivity (Wildman–Crippen MR) is 103 cm³/mol. The van der Waals surface area contributed by atoms with Crippen LogP contribution in [0.1, 0.15) is 49.7 Å². The molecule has 0 bridgehead atoms. The monoisotopic (exact) mass is 384 g/mol. The Labute approximate surface area is 160 Å². The van der Waals surface area contributed by atoms with Crippen LogP contribution in [0, 0.1) is 13.8 Å². The number of anilines is 1. The van der Waals surface area contributed by atoms with Crippen LogP contribution < -0.4 is 10.6 Å². The van der Waals surface area contributed by atoms with E-state index in [0.717, 1.165) is 10.6 Å². The summed E-state index contributed by atoms with van der Waals surface area (Å²) < 4.78 is 5.13. The number of rotatable bonds is 6. The van der Waals surface area contributed by atoms with Gasteiger partial charge in [0.2, 0.25) is 0 Å². The number of amides is 2. The molecule has 0 aliphatic rings. The second-order valence-electron chi connectivity index (χ2n) is 6.01. The van der Waals surface area contributed by atoms with Crippen LogP contribution in [0.15, 0.2) is 34.3 Å². The highest BCUT2D eigenvalue weighted by Gasteiger charge is 2.20. The van der Waals surface area contributed by atoms with E-state index in [4.69, 9.17) is 4.52 Å². The van der Waals surface area contributed by atoms with E-state index in [9.17, 15) is 9.59 Å². The molecule has 0 spiro atoms. The summed E-state index contributed by atoms with van der Waals surface area (Å²) in [6, 6.07) is 5.19. The normalized spacial score (nSPS) is 10.6. The molecular formula is C19H20N4O3S. The van der Waals surface area contributed by atoms with Crippen molar-refractivity contribution in [3.05, 3.63) is 62.9 Å². The van der Waals surface area contributed by atoms with Crippen LogP contribution in [-0.2, 0) is 13.0 Å². The molecule has 0 unspecified atom stereocenters. The Balaban J connectivity index is 1.76. The Kier molecular flexibility index (Phi) is 5.66. The number of hydrogen-bond acceptors (Lipinski definition) is 6. The van der Waals surface area contributed by atoms with Crippen molar-refractivity contribution in [2.75, 3.05) is 5.32 Å². The van der Waals surface area contributed by atoms with Gasteiger partial charge in [-0.05, 0) is 38.0 Å². The first-order valence-corrected chi connectivity index (χ1v) is 9.41. The number of carbonyl (C=O) groups excluding carboxylic acids is 2. The lowest BCUT2D eigenvalue weighted by Crippen LogP contribution is -2.23. The summed E-state index contributed by atoms with van der Waals surface area (Å²) in [5.74, 6) is -0.0514. The minimum absolute atomic E-state index is 0.226. The highest BCUT2D eigenvalue weighted by Crippen LogP contribution is 2.21. The van der Waals surface area contributed by atoms with Crippen LogP contribution in [0.3, 0.4) is 0 Å². The first-order chi connectivity index (χ1) is 13.0. The molecule has 27 heavy (non-hydrogen) atoms. The van der Waals surface area contributed by atoms with Crippen LogP contribution in [0.25, 0.3) is 0 Å². The number of nitrogens with one attached hydrogen (secondary N) is 2. The van der Waals surface area contributed by atoms with Crippen molar-refractivity contribution in [1.82, 2.24) is 15.5 Å². The van der Waals surface area contributed by atoms with Crippen molar-refractivity contribution in [1.29, 1.82) is 0 Å². The van der Waals surface area contributed by atoms with Crippen molar-refractivity contribution in [2.24, 2.45) is 0 Å². The lowest BCUT2D eigenvalue weighted by atomic mass is 10.1. The van der Waals surface area contributed by atoms with Gasteiger partial charge in [0.1, 0.15) is 16.3 Å². The molecule has 2 aromatic heterocycles. The summed E-state index contributed by atoms with van der Waals surface area (Å²) >= 11 is 1.48. The van der Waals surface area contributed by atoms with Crippen LogP contribution in [-0.4, -0.2) is 22.0 Å². The van der Waals surface area contributed by atoms with Gasteiger partial charge in [-0.3, -0.25) is 9.59 Å². The minimum Gasteiger partial charge on any atom is -0.361 e. The van der Waals surface area contributed by atoms with E-state index >= 15 is 0 Å². The third kappa shape index (κ3) is 4.22. The molecule has 140 valence electrons. The molecule has 0 fully saturated rings. The first-order valence-electron chi connectivity index (χ1n) is 8.53. The molecule has 8 heteroatoms. The standard InChI is InChI=1S/C19H20N4O3S/c1-4-14-17(12(3)26-23-14)19(25)22-15-9-13(6-5-11(15)2)18(24)21-10-16-20-7-8-27-16/h5-9H,4,10H2,1-3H3,(H,21,24)(H,22,25). The summed E-state index contributed by atoms with van der Waals surface area (Å²) in [4.78, 5) is 29.2. The zero-order valence-corrected chi connectivity index (χ0v) is 16.1. The van der Waals surface area contributed by atoms with E-state index in [2.05, 4.69) is 20.8 Å². The maximum Gasteiger partial charge on any atom is 0.261 e. The molecule has 2 N–H and O–H groups in total. The molecule has 0 aliphatic heterocycles. The van der Waals surface area contributed by atoms with Crippen molar-refractivity contribution in [3.8, 4) is 0 Å². The summed E-state index contributed by atoms with van der Waals surface area (Å²) in [6.07, 6.45) is 2.29. The second kappa shape index (κ2) is 8.13. The highest BCUT2D eigenvalue weighted by molar-refractivity contribution is 7.09. The average molecular weight is 384 g/mol. The summed E-state index contributed by atoms with van der Waals surface area (Å²) in [5.41, 5.74) is 2.94. The van der Waals surface area contributed by atoms with Gasteiger partial charge in [0.15, 0.2) is 0 Å². The number of aromatic nitrogens is 2. The van der Waals surface area contributed by atoms with Crippen LogP contribution in [0.4, 0.5) is 5.69 Å². The third-order valence-electron chi connectivity index (χ3n) is 4.13. The Morgan fingerprint density at radius 1 is 1.22 bits per heavy atom. The predicted octanol–water partition coefficient (Wildman–Crippen LogP) is 3.49. The maximum atomic E-state index is 12.7. The molecular weight excluding hydrogens is 364 g/mol. The summed E-state index contributed by atoms with van der Waals surface area (Å²) in [7, 11) is 0. The molecule has 7 nitrogen and oxygen atoms in total. The molecule has 3 rings (SSSR count). The van der Waals surface area contributed by atoms with Crippen LogP contribution in [0.2, 0.25) is 0 Å². The molecule has 2 amide bonds. The first kappa shape index (κ1) is 18.8. The van der Waals surface area contributed by atoms with Gasteiger partial charge in [-0.1, -0.05) is 18.1 Å². The van der Waals surface area contributed by atoms with E-state index < -0.39 is 0 Å². The van der Waals surface area contributed by atoms with E-state index in [-0.39, 0.29) is 11.8 Å². The van der Waals surface area contributed by atoms with Gasteiger partial charge < -0.3 is 15.2 Å². The van der Waals surface area contributed by atoms with Gasteiger partial charge in [0, 0.05) is 22.8 Å². The zero-order chi connectivity index (χ0) is 19.4. The lowest BCUT2D eigenvalue weighted by Gasteiger charge is -2.11. The molecule has 3 aromatic rings. The minimum atomic E-state index is -0.297. The fourth-order valence-electron chi connectivity index (χ4n) is 2.63. The molecule has 1 aromatic carbocycles. The quantitative estimate of drug-likeness (QED) is 0.678. The molecule has 0 radical (unpaired) electrons. The van der Waals surface area contributed by atoms with Crippen LogP contribution in [0.5, 0.6) is 0 Å². The third-order valence-corrected chi connectivity index (χ3v) is 4.91. The molecule has 0 atom stereocenters. The highest BCUT2D eigenvalue weighted by atomic mass is 32.1. The van der Waals surface area contributed by atoms with Crippen molar-refractivity contribution in [3.63, 3.8) is 0 Å². The Bertz CT molecular complexity index is 964. The second-order valence-corrected chi connectivity index (χ2v) is 6.99. The number of thiazole rings is 1. The van der Waals surface area contributed by atoms with Gasteiger partial charge >= 0.3 is 0 Å². The van der Waals surface area contributed by atoms with Gasteiger partial charge in [0.05, 0.1) is 12.2 Å². The number of carbonyl (C=O) groups is 2. The number of aryl methyl sites for hydroxylation is 3.